The number of benzene rings is 1. The van der Waals surface area contributed by atoms with Gasteiger partial charge < -0.3 is 9.73 Å². The number of rotatable bonds is 4. The van der Waals surface area contributed by atoms with Gasteiger partial charge in [-0.15, -0.1) is 11.3 Å². The van der Waals surface area contributed by atoms with Crippen molar-refractivity contribution in [2.45, 2.75) is 13.3 Å². The van der Waals surface area contributed by atoms with Crippen molar-refractivity contribution < 1.29 is 4.42 Å². The summed E-state index contributed by atoms with van der Waals surface area (Å²) >= 11 is 1.57. The summed E-state index contributed by atoms with van der Waals surface area (Å²) in [7, 11) is 0. The number of nitrogens with one attached hydrogen (secondary N) is 2. The molecular formula is C13H13N3O2S. The van der Waals surface area contributed by atoms with Crippen LogP contribution in [-0.2, 0) is 0 Å². The van der Waals surface area contributed by atoms with Gasteiger partial charge >= 0.3 is 5.76 Å². The zero-order chi connectivity index (χ0) is 13.2. The number of thiazole rings is 1. The Kier molecular flexibility index (Phi) is 3.08. The summed E-state index contributed by atoms with van der Waals surface area (Å²) in [6.07, 6.45) is 1.06. The van der Waals surface area contributed by atoms with Gasteiger partial charge in [0.05, 0.1) is 11.2 Å². The number of anilines is 1. The average Bonchev–Trinajstić information content (AvgIpc) is 3.00. The number of fused-ring (bicyclic) bond motifs is 1. The third-order valence-corrected chi connectivity index (χ3v) is 3.55. The van der Waals surface area contributed by atoms with E-state index >= 15 is 0 Å². The molecule has 0 aliphatic rings. The van der Waals surface area contributed by atoms with Crippen molar-refractivity contribution in [1.82, 2.24) is 9.97 Å². The van der Waals surface area contributed by atoms with Crippen LogP contribution in [0.1, 0.15) is 13.3 Å². The lowest BCUT2D eigenvalue weighted by Crippen LogP contribution is -1.98. The number of hydrogen-bond acceptors (Lipinski definition) is 5. The molecule has 0 saturated carbocycles. The molecule has 0 aliphatic heterocycles. The van der Waals surface area contributed by atoms with Gasteiger partial charge in [-0.05, 0) is 18.6 Å². The summed E-state index contributed by atoms with van der Waals surface area (Å²) in [6.45, 7) is 3.03. The van der Waals surface area contributed by atoms with Crippen molar-refractivity contribution in [3.63, 3.8) is 0 Å². The Morgan fingerprint density at radius 3 is 3.21 bits per heavy atom. The lowest BCUT2D eigenvalue weighted by Gasteiger charge is -1.98. The fourth-order valence-corrected chi connectivity index (χ4v) is 2.57. The van der Waals surface area contributed by atoms with Crippen LogP contribution in [0, 0.1) is 0 Å². The van der Waals surface area contributed by atoms with E-state index in [0.717, 1.165) is 29.4 Å². The van der Waals surface area contributed by atoms with Gasteiger partial charge in [0.25, 0.3) is 0 Å². The first-order chi connectivity index (χ1) is 9.26. The van der Waals surface area contributed by atoms with Crippen LogP contribution in [0.4, 0.5) is 5.13 Å². The normalized spacial score (nSPS) is 11.0. The highest BCUT2D eigenvalue weighted by Crippen LogP contribution is 2.26. The Hall–Kier alpha value is -2.08. The molecular weight excluding hydrogens is 262 g/mol. The van der Waals surface area contributed by atoms with Gasteiger partial charge in [-0.3, -0.25) is 4.98 Å². The first kappa shape index (κ1) is 12.0. The second kappa shape index (κ2) is 4.89. The van der Waals surface area contributed by atoms with Gasteiger partial charge in [0.2, 0.25) is 0 Å². The topological polar surface area (TPSA) is 70.9 Å². The molecule has 1 aromatic carbocycles. The van der Waals surface area contributed by atoms with Crippen molar-refractivity contribution in [1.29, 1.82) is 0 Å². The summed E-state index contributed by atoms with van der Waals surface area (Å²) in [5, 5.41) is 6.15. The standard InChI is InChI=1S/C13H13N3O2S/c1-2-5-14-12-15-10(7-19-12)8-3-4-9-11(6-8)18-13(17)16-9/h3-4,6-7H,2,5H2,1H3,(H,14,15)(H,16,17). The molecule has 5 nitrogen and oxygen atoms in total. The molecule has 0 radical (unpaired) electrons. The summed E-state index contributed by atoms with van der Waals surface area (Å²) < 4.78 is 5.05. The van der Waals surface area contributed by atoms with Gasteiger partial charge in [-0.25, -0.2) is 9.78 Å². The summed E-state index contributed by atoms with van der Waals surface area (Å²) in [5.41, 5.74) is 3.08. The van der Waals surface area contributed by atoms with Crippen LogP contribution in [0.2, 0.25) is 0 Å². The van der Waals surface area contributed by atoms with Crippen LogP contribution in [0.15, 0.2) is 32.8 Å². The zero-order valence-electron chi connectivity index (χ0n) is 10.4. The first-order valence-corrected chi connectivity index (χ1v) is 6.97. The lowest BCUT2D eigenvalue weighted by molar-refractivity contribution is 0.555. The second-order valence-corrected chi connectivity index (χ2v) is 5.05. The van der Waals surface area contributed by atoms with Crippen molar-refractivity contribution in [3.8, 4) is 11.3 Å². The molecule has 2 heterocycles. The minimum absolute atomic E-state index is 0.435. The molecule has 0 amide bonds. The minimum Gasteiger partial charge on any atom is -0.408 e. The SMILES string of the molecule is CCCNc1nc(-c2ccc3[nH]c(=O)oc3c2)cs1. The molecule has 0 unspecified atom stereocenters. The molecule has 3 rings (SSSR count). The van der Waals surface area contributed by atoms with Gasteiger partial charge in [-0.1, -0.05) is 13.0 Å². The molecule has 0 atom stereocenters. The van der Waals surface area contributed by atoms with Crippen LogP contribution < -0.4 is 11.1 Å². The predicted molar refractivity (Wildman–Crippen MR) is 76.7 cm³/mol. The number of oxazole rings is 1. The maximum Gasteiger partial charge on any atom is 0.417 e. The van der Waals surface area contributed by atoms with E-state index in [1.165, 1.54) is 0 Å². The molecule has 3 aromatic rings. The molecule has 0 fully saturated rings. The van der Waals surface area contributed by atoms with Crippen LogP contribution in [0.25, 0.3) is 22.4 Å². The van der Waals surface area contributed by atoms with Gasteiger partial charge in [0, 0.05) is 17.5 Å². The fraction of sp³-hybridized carbons (Fsp3) is 0.231. The van der Waals surface area contributed by atoms with E-state index in [9.17, 15) is 4.79 Å². The average molecular weight is 275 g/mol. The monoisotopic (exact) mass is 275 g/mol. The van der Waals surface area contributed by atoms with Gasteiger partial charge in [-0.2, -0.15) is 0 Å². The van der Waals surface area contributed by atoms with Crippen molar-refractivity contribution >= 4 is 27.6 Å². The molecule has 0 spiro atoms. The largest absolute Gasteiger partial charge is 0.417 e. The highest BCUT2D eigenvalue weighted by atomic mass is 32.1. The van der Waals surface area contributed by atoms with E-state index in [-0.39, 0.29) is 0 Å². The molecule has 2 aromatic heterocycles. The van der Waals surface area contributed by atoms with E-state index in [0.29, 0.717) is 11.1 Å². The van der Waals surface area contributed by atoms with E-state index in [4.69, 9.17) is 4.42 Å². The van der Waals surface area contributed by atoms with Crippen LogP contribution in [0.5, 0.6) is 0 Å². The number of hydrogen-bond donors (Lipinski definition) is 2. The number of aromatic amines is 1. The van der Waals surface area contributed by atoms with Crippen molar-refractivity contribution in [2.24, 2.45) is 0 Å². The molecule has 2 N–H and O–H groups in total. The smallest absolute Gasteiger partial charge is 0.408 e. The third-order valence-electron chi connectivity index (χ3n) is 2.75. The summed E-state index contributed by atoms with van der Waals surface area (Å²) in [4.78, 5) is 18.2. The molecule has 19 heavy (non-hydrogen) atoms. The second-order valence-electron chi connectivity index (χ2n) is 4.19. The highest BCUT2D eigenvalue weighted by molar-refractivity contribution is 7.14. The Morgan fingerprint density at radius 2 is 2.37 bits per heavy atom. The maximum atomic E-state index is 11.1. The quantitative estimate of drug-likeness (QED) is 0.767. The molecule has 0 saturated heterocycles. The van der Waals surface area contributed by atoms with Gasteiger partial charge in [0.15, 0.2) is 10.7 Å². The molecule has 6 heteroatoms. The zero-order valence-corrected chi connectivity index (χ0v) is 11.2. The number of H-pyrrole nitrogens is 1. The van der Waals surface area contributed by atoms with E-state index in [1.54, 1.807) is 11.3 Å². The molecule has 98 valence electrons. The van der Waals surface area contributed by atoms with Crippen molar-refractivity contribution in [3.05, 3.63) is 34.1 Å². The Labute approximate surface area is 113 Å². The van der Waals surface area contributed by atoms with E-state index in [2.05, 4.69) is 22.2 Å². The van der Waals surface area contributed by atoms with Gasteiger partial charge in [0.1, 0.15) is 0 Å². The number of aromatic nitrogens is 2. The molecule has 0 aliphatic carbocycles. The lowest BCUT2D eigenvalue weighted by atomic mass is 10.1. The maximum absolute atomic E-state index is 11.1. The highest BCUT2D eigenvalue weighted by Gasteiger charge is 2.07. The third kappa shape index (κ3) is 2.39. The summed E-state index contributed by atoms with van der Waals surface area (Å²) in [6, 6.07) is 5.58. The predicted octanol–water partition coefficient (Wildman–Crippen LogP) is 3.07. The molecule has 0 bridgehead atoms. The van der Waals surface area contributed by atoms with E-state index < -0.39 is 5.76 Å². The van der Waals surface area contributed by atoms with Crippen molar-refractivity contribution in [2.75, 3.05) is 11.9 Å². The summed E-state index contributed by atoms with van der Waals surface area (Å²) in [5.74, 6) is -0.435. The minimum atomic E-state index is -0.435. The number of nitrogens with zero attached hydrogens (tertiary/aromatic N) is 1. The Morgan fingerprint density at radius 1 is 1.47 bits per heavy atom. The fourth-order valence-electron chi connectivity index (χ4n) is 1.82. The first-order valence-electron chi connectivity index (χ1n) is 6.09. The Balaban J connectivity index is 1.94. The van der Waals surface area contributed by atoms with E-state index in [1.807, 2.05) is 23.6 Å². The van der Waals surface area contributed by atoms with Crippen LogP contribution >= 0.6 is 11.3 Å². The van der Waals surface area contributed by atoms with Crippen LogP contribution in [-0.4, -0.2) is 16.5 Å². The Bertz CT molecular complexity index is 756. The van der Waals surface area contributed by atoms with Crippen LogP contribution in [0.3, 0.4) is 0 Å².